The molecule has 1 aromatic carbocycles. The number of methoxy groups -OCH3 is 1. The quantitative estimate of drug-likeness (QED) is 0.742. The molecule has 0 aliphatic heterocycles. The van der Waals surface area contributed by atoms with E-state index in [1.54, 1.807) is 13.2 Å². The fourth-order valence-electron chi connectivity index (χ4n) is 1.83. The van der Waals surface area contributed by atoms with Crippen LogP contribution < -0.4 is 15.2 Å². The number of allylic oxidation sites excluding steroid dienone is 1. The summed E-state index contributed by atoms with van der Waals surface area (Å²) in [5, 5.41) is 9.17. The van der Waals surface area contributed by atoms with Gasteiger partial charge in [0.1, 0.15) is 0 Å². The molecule has 3 N–H and O–H groups in total. The van der Waals surface area contributed by atoms with Gasteiger partial charge in [0.15, 0.2) is 11.5 Å². The number of ether oxygens (including phenoxy) is 2. The number of hydrogen-bond acceptors (Lipinski definition) is 4. The van der Waals surface area contributed by atoms with Gasteiger partial charge in [0, 0.05) is 5.56 Å². The monoisotopic (exact) mass is 265 g/mol. The van der Waals surface area contributed by atoms with E-state index in [-0.39, 0.29) is 12.7 Å². The van der Waals surface area contributed by atoms with Crippen LogP contribution >= 0.6 is 0 Å². The summed E-state index contributed by atoms with van der Waals surface area (Å²) in [5.41, 5.74) is 7.65. The number of nitrogens with two attached hydrogens (primary N) is 1. The second-order valence-corrected chi connectivity index (χ2v) is 4.66. The van der Waals surface area contributed by atoms with E-state index in [4.69, 9.17) is 15.2 Å². The van der Waals surface area contributed by atoms with Crippen molar-refractivity contribution in [1.29, 1.82) is 0 Å². The molecular weight excluding hydrogens is 242 g/mol. The first-order valence-corrected chi connectivity index (χ1v) is 6.38. The minimum Gasteiger partial charge on any atom is -0.493 e. The lowest BCUT2D eigenvalue weighted by molar-refractivity contribution is 0.227. The Labute approximate surface area is 114 Å². The Bertz CT molecular complexity index is 430. The summed E-state index contributed by atoms with van der Waals surface area (Å²) >= 11 is 0. The van der Waals surface area contributed by atoms with Crippen molar-refractivity contribution in [2.24, 2.45) is 5.73 Å². The molecule has 0 aromatic heterocycles. The third-order valence-corrected chi connectivity index (χ3v) is 2.72. The van der Waals surface area contributed by atoms with E-state index in [0.29, 0.717) is 17.9 Å². The van der Waals surface area contributed by atoms with Crippen LogP contribution in [0.5, 0.6) is 11.5 Å². The predicted molar refractivity (Wildman–Crippen MR) is 76.7 cm³/mol. The standard InChI is InChI=1S/C15H23NO3/c1-5-6-11-7-12(13(16)9-17)8-14(18-4)15(11)19-10(2)3/h5,7-8,10,13,17H,1,6,9,16H2,2-4H3/t13-/m0/s1. The van der Waals surface area contributed by atoms with E-state index in [2.05, 4.69) is 6.58 Å². The molecule has 0 aliphatic carbocycles. The van der Waals surface area contributed by atoms with Gasteiger partial charge in [-0.1, -0.05) is 6.08 Å². The molecule has 0 radical (unpaired) electrons. The minimum atomic E-state index is -0.425. The molecule has 0 spiro atoms. The average Bonchev–Trinajstić information content (AvgIpc) is 2.39. The van der Waals surface area contributed by atoms with E-state index >= 15 is 0 Å². The van der Waals surface area contributed by atoms with Crippen LogP contribution in [-0.4, -0.2) is 24.9 Å². The molecule has 0 heterocycles. The van der Waals surface area contributed by atoms with E-state index in [9.17, 15) is 5.11 Å². The number of benzene rings is 1. The topological polar surface area (TPSA) is 64.7 Å². The van der Waals surface area contributed by atoms with Crippen LogP contribution in [0.2, 0.25) is 0 Å². The first-order chi connectivity index (χ1) is 9.03. The van der Waals surface area contributed by atoms with Gasteiger partial charge in [0.05, 0.1) is 25.9 Å². The second kappa shape index (κ2) is 7.16. The Hall–Kier alpha value is -1.52. The van der Waals surface area contributed by atoms with Gasteiger partial charge < -0.3 is 20.3 Å². The molecule has 1 atom stereocenters. The van der Waals surface area contributed by atoms with E-state index in [0.717, 1.165) is 11.1 Å². The highest BCUT2D eigenvalue weighted by atomic mass is 16.5. The first kappa shape index (κ1) is 15.5. The first-order valence-electron chi connectivity index (χ1n) is 6.38. The van der Waals surface area contributed by atoms with Gasteiger partial charge in [-0.2, -0.15) is 0 Å². The Kier molecular flexibility index (Phi) is 5.86. The molecule has 0 fully saturated rings. The Balaban J connectivity index is 3.30. The zero-order chi connectivity index (χ0) is 14.4. The lowest BCUT2D eigenvalue weighted by Crippen LogP contribution is -2.16. The van der Waals surface area contributed by atoms with Crippen molar-refractivity contribution >= 4 is 0 Å². The number of rotatable bonds is 7. The number of hydrogen-bond donors (Lipinski definition) is 2. The maximum atomic E-state index is 9.17. The summed E-state index contributed by atoms with van der Waals surface area (Å²) in [6.45, 7) is 7.56. The molecule has 106 valence electrons. The van der Waals surface area contributed by atoms with Crippen molar-refractivity contribution in [1.82, 2.24) is 0 Å². The zero-order valence-corrected chi connectivity index (χ0v) is 11.8. The molecule has 0 saturated carbocycles. The van der Waals surface area contributed by atoms with Crippen molar-refractivity contribution in [3.8, 4) is 11.5 Å². The predicted octanol–water partition coefficient (Wildman–Crippen LogP) is 2.20. The zero-order valence-electron chi connectivity index (χ0n) is 11.8. The van der Waals surface area contributed by atoms with Crippen molar-refractivity contribution in [2.45, 2.75) is 32.4 Å². The third-order valence-electron chi connectivity index (χ3n) is 2.72. The summed E-state index contributed by atoms with van der Waals surface area (Å²) in [5.74, 6) is 1.35. The van der Waals surface area contributed by atoms with Gasteiger partial charge in [-0.3, -0.25) is 0 Å². The fraction of sp³-hybridized carbons (Fsp3) is 0.467. The summed E-state index contributed by atoms with van der Waals surface area (Å²) in [6.07, 6.45) is 2.51. The van der Waals surface area contributed by atoms with Crippen molar-refractivity contribution < 1.29 is 14.6 Å². The van der Waals surface area contributed by atoms with Crippen molar-refractivity contribution in [3.05, 3.63) is 35.9 Å². The van der Waals surface area contributed by atoms with Crippen LogP contribution in [-0.2, 0) is 6.42 Å². The van der Waals surface area contributed by atoms with E-state index in [1.807, 2.05) is 26.0 Å². The van der Waals surface area contributed by atoms with E-state index in [1.165, 1.54) is 0 Å². The normalized spacial score (nSPS) is 12.3. The van der Waals surface area contributed by atoms with Crippen molar-refractivity contribution in [2.75, 3.05) is 13.7 Å². The van der Waals surface area contributed by atoms with Crippen LogP contribution in [0.25, 0.3) is 0 Å². The molecule has 0 unspecified atom stereocenters. The Morgan fingerprint density at radius 2 is 2.11 bits per heavy atom. The highest BCUT2D eigenvalue weighted by Gasteiger charge is 2.16. The minimum absolute atomic E-state index is 0.0508. The molecule has 1 rings (SSSR count). The summed E-state index contributed by atoms with van der Waals surface area (Å²) in [6, 6.07) is 3.32. The van der Waals surface area contributed by atoms with Gasteiger partial charge in [-0.25, -0.2) is 0 Å². The highest BCUT2D eigenvalue weighted by Crippen LogP contribution is 2.35. The van der Waals surface area contributed by atoms with E-state index < -0.39 is 6.04 Å². The molecule has 19 heavy (non-hydrogen) atoms. The lowest BCUT2D eigenvalue weighted by atomic mass is 10.0. The molecule has 4 nitrogen and oxygen atoms in total. The maximum Gasteiger partial charge on any atom is 0.165 e. The molecule has 1 aromatic rings. The van der Waals surface area contributed by atoms with Crippen LogP contribution in [0.1, 0.15) is 31.0 Å². The van der Waals surface area contributed by atoms with Crippen LogP contribution in [0.4, 0.5) is 0 Å². The molecule has 0 amide bonds. The Morgan fingerprint density at radius 3 is 2.58 bits per heavy atom. The summed E-state index contributed by atoms with van der Waals surface area (Å²) in [4.78, 5) is 0. The SMILES string of the molecule is C=CCc1cc([C@@H](N)CO)cc(OC)c1OC(C)C. The largest absolute Gasteiger partial charge is 0.493 e. The van der Waals surface area contributed by atoms with Gasteiger partial charge >= 0.3 is 0 Å². The number of aliphatic hydroxyl groups is 1. The van der Waals surface area contributed by atoms with Crippen LogP contribution in [0.15, 0.2) is 24.8 Å². The number of aliphatic hydroxyl groups excluding tert-OH is 1. The molecule has 4 heteroatoms. The summed E-state index contributed by atoms with van der Waals surface area (Å²) < 4.78 is 11.2. The molecular formula is C15H23NO3. The summed E-state index contributed by atoms with van der Waals surface area (Å²) in [7, 11) is 1.59. The van der Waals surface area contributed by atoms with Gasteiger partial charge in [0.2, 0.25) is 0 Å². The van der Waals surface area contributed by atoms with Crippen LogP contribution in [0, 0.1) is 0 Å². The molecule has 0 saturated heterocycles. The highest BCUT2D eigenvalue weighted by molar-refractivity contribution is 5.51. The Morgan fingerprint density at radius 1 is 1.42 bits per heavy atom. The third kappa shape index (κ3) is 3.98. The molecule has 0 aliphatic rings. The lowest BCUT2D eigenvalue weighted by Gasteiger charge is -2.20. The van der Waals surface area contributed by atoms with Crippen molar-refractivity contribution in [3.63, 3.8) is 0 Å². The van der Waals surface area contributed by atoms with Gasteiger partial charge in [-0.15, -0.1) is 6.58 Å². The van der Waals surface area contributed by atoms with Gasteiger partial charge in [0.25, 0.3) is 0 Å². The van der Waals surface area contributed by atoms with Gasteiger partial charge in [-0.05, 0) is 38.0 Å². The maximum absolute atomic E-state index is 9.17. The smallest absolute Gasteiger partial charge is 0.165 e. The molecule has 0 bridgehead atoms. The fourth-order valence-corrected chi connectivity index (χ4v) is 1.83. The van der Waals surface area contributed by atoms with Crippen LogP contribution in [0.3, 0.4) is 0 Å². The second-order valence-electron chi connectivity index (χ2n) is 4.66. The average molecular weight is 265 g/mol.